The Balaban J connectivity index is 1.97. The molecule has 1 aromatic carbocycles. The van der Waals surface area contributed by atoms with Gasteiger partial charge in [-0.3, -0.25) is 4.98 Å². The van der Waals surface area contributed by atoms with Crippen molar-refractivity contribution >= 4 is 0 Å². The van der Waals surface area contributed by atoms with Crippen molar-refractivity contribution < 1.29 is 4.74 Å². The predicted molar refractivity (Wildman–Crippen MR) is 67.3 cm³/mol. The molecule has 1 unspecified atom stereocenters. The van der Waals surface area contributed by atoms with Gasteiger partial charge in [0.2, 0.25) is 0 Å². The molecule has 2 N–H and O–H groups in total. The first-order chi connectivity index (χ1) is 8.40. The van der Waals surface area contributed by atoms with Crippen LogP contribution in [0.4, 0.5) is 0 Å². The van der Waals surface area contributed by atoms with E-state index in [-0.39, 0.29) is 6.10 Å². The van der Waals surface area contributed by atoms with Crippen molar-refractivity contribution in [3.63, 3.8) is 0 Å². The summed E-state index contributed by atoms with van der Waals surface area (Å²) in [5, 5.41) is 0. The van der Waals surface area contributed by atoms with Gasteiger partial charge in [-0.25, -0.2) is 0 Å². The van der Waals surface area contributed by atoms with E-state index in [1.807, 2.05) is 48.5 Å². The topological polar surface area (TPSA) is 48.1 Å². The molecule has 0 aliphatic heterocycles. The van der Waals surface area contributed by atoms with Gasteiger partial charge in [-0.15, -0.1) is 0 Å². The highest BCUT2D eigenvalue weighted by Crippen LogP contribution is 2.15. The molecular weight excluding hydrogens is 212 g/mol. The zero-order valence-electron chi connectivity index (χ0n) is 9.62. The van der Waals surface area contributed by atoms with Crippen molar-refractivity contribution in [1.82, 2.24) is 4.98 Å². The number of nitrogens with two attached hydrogens (primary N) is 1. The van der Waals surface area contributed by atoms with Crippen LogP contribution in [0.3, 0.4) is 0 Å². The summed E-state index contributed by atoms with van der Waals surface area (Å²) in [7, 11) is 0. The molecule has 2 aromatic rings. The van der Waals surface area contributed by atoms with Crippen LogP contribution in [-0.2, 0) is 11.3 Å². The lowest BCUT2D eigenvalue weighted by molar-refractivity contribution is 0.0429. The molecule has 0 saturated heterocycles. The first-order valence-corrected chi connectivity index (χ1v) is 5.66. The third-order valence-electron chi connectivity index (χ3n) is 2.53. The molecule has 0 fully saturated rings. The van der Waals surface area contributed by atoms with Crippen LogP contribution in [0, 0.1) is 0 Å². The van der Waals surface area contributed by atoms with Gasteiger partial charge >= 0.3 is 0 Å². The molecule has 0 saturated carbocycles. The maximum atomic E-state index is 5.78. The van der Waals surface area contributed by atoms with Crippen LogP contribution in [0.2, 0.25) is 0 Å². The summed E-state index contributed by atoms with van der Waals surface area (Å²) in [6, 6.07) is 15.8. The molecule has 1 heterocycles. The quantitative estimate of drug-likeness (QED) is 0.854. The molecule has 0 aliphatic carbocycles. The minimum Gasteiger partial charge on any atom is -0.366 e. The molecule has 2 rings (SSSR count). The number of ether oxygens (including phenoxy) is 1. The van der Waals surface area contributed by atoms with Crippen molar-refractivity contribution in [1.29, 1.82) is 0 Å². The Hall–Kier alpha value is -1.71. The summed E-state index contributed by atoms with van der Waals surface area (Å²) in [6.45, 7) is 0.989. The number of benzene rings is 1. The zero-order valence-corrected chi connectivity index (χ0v) is 9.62. The van der Waals surface area contributed by atoms with E-state index in [2.05, 4.69) is 4.98 Å². The Morgan fingerprint density at radius 1 is 1.06 bits per heavy atom. The molecule has 1 atom stereocenters. The summed E-state index contributed by atoms with van der Waals surface area (Å²) in [6.07, 6.45) is 1.61. The van der Waals surface area contributed by atoms with E-state index in [4.69, 9.17) is 10.5 Å². The van der Waals surface area contributed by atoms with Crippen LogP contribution in [0.5, 0.6) is 0 Å². The van der Waals surface area contributed by atoms with Gasteiger partial charge in [-0.2, -0.15) is 0 Å². The largest absolute Gasteiger partial charge is 0.366 e. The third kappa shape index (κ3) is 3.37. The van der Waals surface area contributed by atoms with Crippen molar-refractivity contribution in [2.75, 3.05) is 6.54 Å². The molecule has 0 spiro atoms. The standard InChI is InChI=1S/C14H16N2O/c15-10-14(13-8-4-5-9-16-13)17-11-12-6-2-1-3-7-12/h1-9,14H,10-11,15H2. The van der Waals surface area contributed by atoms with Crippen LogP contribution in [0.1, 0.15) is 17.4 Å². The maximum absolute atomic E-state index is 5.78. The summed E-state index contributed by atoms with van der Waals surface area (Å²) < 4.78 is 5.78. The number of nitrogens with zero attached hydrogens (tertiary/aromatic N) is 1. The Labute approximate surface area is 101 Å². The lowest BCUT2D eigenvalue weighted by Crippen LogP contribution is -2.16. The van der Waals surface area contributed by atoms with Gasteiger partial charge in [0.15, 0.2) is 0 Å². The third-order valence-corrected chi connectivity index (χ3v) is 2.53. The van der Waals surface area contributed by atoms with E-state index in [9.17, 15) is 0 Å². The van der Waals surface area contributed by atoms with E-state index < -0.39 is 0 Å². The highest BCUT2D eigenvalue weighted by atomic mass is 16.5. The Kier molecular flexibility index (Phi) is 4.24. The van der Waals surface area contributed by atoms with Gasteiger partial charge in [-0.1, -0.05) is 36.4 Å². The van der Waals surface area contributed by atoms with Crippen LogP contribution in [-0.4, -0.2) is 11.5 Å². The lowest BCUT2D eigenvalue weighted by atomic mass is 10.2. The molecule has 0 bridgehead atoms. The van der Waals surface area contributed by atoms with E-state index >= 15 is 0 Å². The van der Waals surface area contributed by atoms with Gasteiger partial charge in [0, 0.05) is 12.7 Å². The number of aromatic nitrogens is 1. The Morgan fingerprint density at radius 3 is 2.47 bits per heavy atom. The number of rotatable bonds is 5. The SMILES string of the molecule is NCC(OCc1ccccc1)c1ccccn1. The molecule has 3 nitrogen and oxygen atoms in total. The Morgan fingerprint density at radius 2 is 1.82 bits per heavy atom. The van der Waals surface area contributed by atoms with Gasteiger partial charge in [0.25, 0.3) is 0 Å². The fourth-order valence-corrected chi connectivity index (χ4v) is 1.61. The molecule has 88 valence electrons. The average molecular weight is 228 g/mol. The summed E-state index contributed by atoms with van der Waals surface area (Å²) in [5.41, 5.74) is 7.73. The van der Waals surface area contributed by atoms with Gasteiger partial charge in [0.1, 0.15) is 6.10 Å². The summed E-state index contributed by atoms with van der Waals surface area (Å²) in [4.78, 5) is 4.26. The minimum absolute atomic E-state index is 0.142. The monoisotopic (exact) mass is 228 g/mol. The van der Waals surface area contributed by atoms with E-state index in [0.29, 0.717) is 13.2 Å². The van der Waals surface area contributed by atoms with E-state index in [1.165, 1.54) is 0 Å². The summed E-state index contributed by atoms with van der Waals surface area (Å²) >= 11 is 0. The first kappa shape index (κ1) is 11.8. The van der Waals surface area contributed by atoms with Crippen molar-refractivity contribution in [2.45, 2.75) is 12.7 Å². The molecule has 1 aromatic heterocycles. The molecule has 0 radical (unpaired) electrons. The second kappa shape index (κ2) is 6.13. The van der Waals surface area contributed by atoms with Gasteiger partial charge in [0.05, 0.1) is 12.3 Å². The second-order valence-corrected chi connectivity index (χ2v) is 3.78. The highest BCUT2D eigenvalue weighted by molar-refractivity contribution is 5.14. The van der Waals surface area contributed by atoms with E-state index in [1.54, 1.807) is 6.20 Å². The highest BCUT2D eigenvalue weighted by Gasteiger charge is 2.10. The van der Waals surface area contributed by atoms with Crippen LogP contribution < -0.4 is 5.73 Å². The van der Waals surface area contributed by atoms with Crippen LogP contribution >= 0.6 is 0 Å². The fraction of sp³-hybridized carbons (Fsp3) is 0.214. The van der Waals surface area contributed by atoms with Crippen LogP contribution in [0.25, 0.3) is 0 Å². The fourth-order valence-electron chi connectivity index (χ4n) is 1.61. The van der Waals surface area contributed by atoms with Crippen molar-refractivity contribution in [3.05, 3.63) is 66.0 Å². The normalized spacial score (nSPS) is 12.3. The van der Waals surface area contributed by atoms with Gasteiger partial charge < -0.3 is 10.5 Å². The number of hydrogen-bond acceptors (Lipinski definition) is 3. The number of hydrogen-bond donors (Lipinski definition) is 1. The first-order valence-electron chi connectivity index (χ1n) is 5.66. The van der Waals surface area contributed by atoms with Gasteiger partial charge in [-0.05, 0) is 17.7 Å². The molecule has 0 amide bonds. The second-order valence-electron chi connectivity index (χ2n) is 3.78. The lowest BCUT2D eigenvalue weighted by Gasteiger charge is -2.15. The number of pyridine rings is 1. The molecular formula is C14H16N2O. The van der Waals surface area contributed by atoms with Crippen molar-refractivity contribution in [3.8, 4) is 0 Å². The molecule has 3 heteroatoms. The Bertz CT molecular complexity index is 430. The average Bonchev–Trinajstić information content (AvgIpc) is 2.42. The van der Waals surface area contributed by atoms with Crippen molar-refractivity contribution in [2.24, 2.45) is 5.73 Å². The maximum Gasteiger partial charge on any atom is 0.112 e. The summed E-state index contributed by atoms with van der Waals surface area (Å²) in [5.74, 6) is 0. The zero-order chi connectivity index (χ0) is 11.9. The minimum atomic E-state index is -0.142. The molecule has 0 aliphatic rings. The smallest absolute Gasteiger partial charge is 0.112 e. The molecule has 17 heavy (non-hydrogen) atoms. The van der Waals surface area contributed by atoms with Crippen LogP contribution in [0.15, 0.2) is 54.7 Å². The van der Waals surface area contributed by atoms with E-state index in [0.717, 1.165) is 11.3 Å². The predicted octanol–water partition coefficient (Wildman–Crippen LogP) is 2.30.